The molecule has 4 N–H and O–H groups in total. The number of oxazole rings is 1. The minimum absolute atomic E-state index is 0.000643. The van der Waals surface area contributed by atoms with Gasteiger partial charge in [0, 0.05) is 23.5 Å². The molecule has 0 radical (unpaired) electrons. The Balaban J connectivity index is 1.69. The third-order valence-electron chi connectivity index (χ3n) is 4.96. The number of nitrogens with zero attached hydrogens (tertiary/aromatic N) is 3. The van der Waals surface area contributed by atoms with Gasteiger partial charge in [-0.3, -0.25) is 4.98 Å². The first kappa shape index (κ1) is 18.8. The Kier molecular flexibility index (Phi) is 5.07. The van der Waals surface area contributed by atoms with Crippen LogP contribution < -0.4 is 11.5 Å². The van der Waals surface area contributed by atoms with E-state index in [4.69, 9.17) is 15.9 Å². The third kappa shape index (κ3) is 3.73. The average Bonchev–Trinajstić information content (AvgIpc) is 3.24. The molecule has 0 saturated carbocycles. The van der Waals surface area contributed by atoms with Crippen LogP contribution in [0.5, 0.6) is 0 Å². The van der Waals surface area contributed by atoms with Crippen molar-refractivity contribution in [2.75, 3.05) is 0 Å². The van der Waals surface area contributed by atoms with E-state index in [1.165, 1.54) is 24.6 Å². The molecule has 6 nitrogen and oxygen atoms in total. The molecule has 3 aromatic rings. The van der Waals surface area contributed by atoms with Crippen molar-refractivity contribution < 1.29 is 13.2 Å². The Hall–Kier alpha value is -3.55. The van der Waals surface area contributed by atoms with E-state index in [0.29, 0.717) is 29.3 Å². The lowest BCUT2D eigenvalue weighted by atomic mass is 9.84. The van der Waals surface area contributed by atoms with Crippen LogP contribution in [-0.4, -0.2) is 15.0 Å². The van der Waals surface area contributed by atoms with Gasteiger partial charge < -0.3 is 15.9 Å². The summed E-state index contributed by atoms with van der Waals surface area (Å²) in [4.78, 5) is 12.7. The molecule has 2 heterocycles. The second kappa shape index (κ2) is 7.83. The third-order valence-corrected chi connectivity index (χ3v) is 4.96. The van der Waals surface area contributed by atoms with E-state index >= 15 is 0 Å². The first-order chi connectivity index (χ1) is 14.0. The smallest absolute Gasteiger partial charge is 0.181 e. The van der Waals surface area contributed by atoms with E-state index in [1.54, 1.807) is 24.7 Å². The van der Waals surface area contributed by atoms with E-state index in [1.807, 2.05) is 0 Å². The zero-order chi connectivity index (χ0) is 20.4. The summed E-state index contributed by atoms with van der Waals surface area (Å²) in [7, 11) is 0. The maximum Gasteiger partial charge on any atom is 0.181 e. The quantitative estimate of drug-likeness (QED) is 0.695. The molecule has 2 aromatic heterocycles. The summed E-state index contributed by atoms with van der Waals surface area (Å²) in [5.74, 6) is -1.09. The molecule has 4 rings (SSSR count). The molecular weight excluding hydrogens is 376 g/mol. The van der Waals surface area contributed by atoms with Crippen molar-refractivity contribution in [1.82, 2.24) is 15.0 Å². The summed E-state index contributed by atoms with van der Waals surface area (Å²) in [5, 5.41) is 0. The van der Waals surface area contributed by atoms with Crippen LogP contribution in [-0.2, 0) is 0 Å². The topological polar surface area (TPSA) is 104 Å². The molecule has 0 saturated heterocycles. The van der Waals surface area contributed by atoms with E-state index in [2.05, 4.69) is 15.0 Å². The second-order valence-corrected chi connectivity index (χ2v) is 6.82. The SMILES string of the molecule is NC1=C(/C=C(\N)c2c(F)cccc2F)CCCC1c1cncc(-c2cnco2)n1. The number of hydrogen-bond acceptors (Lipinski definition) is 6. The van der Waals surface area contributed by atoms with E-state index in [-0.39, 0.29) is 17.2 Å². The number of allylic oxidation sites excluding steroid dienone is 3. The van der Waals surface area contributed by atoms with Crippen LogP contribution in [0.2, 0.25) is 0 Å². The van der Waals surface area contributed by atoms with Gasteiger partial charge >= 0.3 is 0 Å². The fourth-order valence-corrected chi connectivity index (χ4v) is 3.53. The molecule has 1 aliphatic rings. The van der Waals surface area contributed by atoms with Gasteiger partial charge in [-0.1, -0.05) is 6.07 Å². The van der Waals surface area contributed by atoms with Gasteiger partial charge in [0.25, 0.3) is 0 Å². The predicted octanol–water partition coefficient (Wildman–Crippen LogP) is 3.89. The zero-order valence-corrected chi connectivity index (χ0v) is 15.5. The highest BCUT2D eigenvalue weighted by atomic mass is 19.1. The largest absolute Gasteiger partial charge is 0.442 e. The van der Waals surface area contributed by atoms with Crippen molar-refractivity contribution in [1.29, 1.82) is 0 Å². The summed E-state index contributed by atoms with van der Waals surface area (Å²) in [6.45, 7) is 0. The highest BCUT2D eigenvalue weighted by molar-refractivity contribution is 5.67. The van der Waals surface area contributed by atoms with Crippen LogP contribution in [0.15, 0.2) is 64.9 Å². The molecule has 1 atom stereocenters. The number of halogens is 2. The van der Waals surface area contributed by atoms with Crippen molar-refractivity contribution in [2.45, 2.75) is 25.2 Å². The van der Waals surface area contributed by atoms with E-state index in [9.17, 15) is 8.78 Å². The standard InChI is InChI=1S/C21H19F2N5O/c22-14-5-2-6-15(23)20(14)16(24)7-12-3-1-4-13(21(12)25)17-8-26-9-18(28-17)19-10-27-11-29-19/h2,5-11,13H,1,3-4,24-25H2/b16-7-. The van der Waals surface area contributed by atoms with Crippen molar-refractivity contribution in [3.63, 3.8) is 0 Å². The van der Waals surface area contributed by atoms with Gasteiger partial charge in [0.2, 0.25) is 0 Å². The Morgan fingerprint density at radius 3 is 2.66 bits per heavy atom. The van der Waals surface area contributed by atoms with Crippen molar-refractivity contribution >= 4 is 5.70 Å². The second-order valence-electron chi connectivity index (χ2n) is 6.82. The fourth-order valence-electron chi connectivity index (χ4n) is 3.53. The first-order valence-electron chi connectivity index (χ1n) is 9.15. The van der Waals surface area contributed by atoms with Gasteiger partial charge in [-0.05, 0) is 43.0 Å². The molecule has 0 fully saturated rings. The maximum atomic E-state index is 14.0. The predicted molar refractivity (Wildman–Crippen MR) is 104 cm³/mol. The number of aromatic nitrogens is 3. The molecule has 8 heteroatoms. The highest BCUT2D eigenvalue weighted by Gasteiger charge is 2.24. The Bertz CT molecular complexity index is 1070. The lowest BCUT2D eigenvalue weighted by Gasteiger charge is -2.25. The lowest BCUT2D eigenvalue weighted by Crippen LogP contribution is -2.19. The molecule has 1 aliphatic carbocycles. The fraction of sp³-hybridized carbons (Fsp3) is 0.190. The summed E-state index contributed by atoms with van der Waals surface area (Å²) < 4.78 is 33.3. The monoisotopic (exact) mass is 395 g/mol. The maximum absolute atomic E-state index is 14.0. The van der Waals surface area contributed by atoms with Crippen LogP contribution in [0, 0.1) is 11.6 Å². The average molecular weight is 395 g/mol. The zero-order valence-electron chi connectivity index (χ0n) is 15.5. The Morgan fingerprint density at radius 1 is 1.14 bits per heavy atom. The van der Waals surface area contributed by atoms with Crippen LogP contribution in [0.4, 0.5) is 8.78 Å². The summed E-state index contributed by atoms with van der Waals surface area (Å²) >= 11 is 0. The minimum atomic E-state index is -0.712. The highest BCUT2D eigenvalue weighted by Crippen LogP contribution is 2.36. The van der Waals surface area contributed by atoms with Crippen LogP contribution >= 0.6 is 0 Å². The van der Waals surface area contributed by atoms with Gasteiger partial charge in [0.1, 0.15) is 17.3 Å². The Morgan fingerprint density at radius 2 is 1.93 bits per heavy atom. The van der Waals surface area contributed by atoms with Gasteiger partial charge in [-0.25, -0.2) is 18.7 Å². The van der Waals surface area contributed by atoms with Crippen LogP contribution in [0.1, 0.15) is 36.4 Å². The van der Waals surface area contributed by atoms with Gasteiger partial charge in [0.05, 0.1) is 23.7 Å². The van der Waals surface area contributed by atoms with Crippen LogP contribution in [0.3, 0.4) is 0 Å². The molecular formula is C21H19F2N5O. The van der Waals surface area contributed by atoms with E-state index in [0.717, 1.165) is 18.4 Å². The summed E-state index contributed by atoms with van der Waals surface area (Å²) in [6, 6.07) is 3.64. The summed E-state index contributed by atoms with van der Waals surface area (Å²) in [5.41, 5.74) is 14.7. The molecule has 0 spiro atoms. The molecule has 1 aromatic carbocycles. The van der Waals surface area contributed by atoms with E-state index < -0.39 is 11.6 Å². The number of rotatable bonds is 4. The van der Waals surface area contributed by atoms with Gasteiger partial charge in [-0.2, -0.15) is 0 Å². The molecule has 1 unspecified atom stereocenters. The molecule has 29 heavy (non-hydrogen) atoms. The summed E-state index contributed by atoms with van der Waals surface area (Å²) in [6.07, 6.45) is 9.96. The van der Waals surface area contributed by atoms with Crippen LogP contribution in [0.25, 0.3) is 17.2 Å². The molecule has 0 amide bonds. The molecule has 148 valence electrons. The minimum Gasteiger partial charge on any atom is -0.442 e. The van der Waals surface area contributed by atoms with Crippen molar-refractivity contribution in [3.05, 3.63) is 83.4 Å². The van der Waals surface area contributed by atoms with Crippen molar-refractivity contribution in [3.8, 4) is 11.5 Å². The van der Waals surface area contributed by atoms with Crippen molar-refractivity contribution in [2.24, 2.45) is 11.5 Å². The first-order valence-corrected chi connectivity index (χ1v) is 9.15. The molecule has 0 bridgehead atoms. The van der Waals surface area contributed by atoms with Gasteiger partial charge in [0.15, 0.2) is 12.2 Å². The number of nitrogens with two attached hydrogens (primary N) is 2. The Labute approximate surface area is 166 Å². The lowest BCUT2D eigenvalue weighted by molar-refractivity contribution is 0.565. The molecule has 0 aliphatic heterocycles. The normalized spacial score (nSPS) is 17.6. The number of hydrogen-bond donors (Lipinski definition) is 2. The van der Waals surface area contributed by atoms with Gasteiger partial charge in [-0.15, -0.1) is 0 Å². The number of benzene rings is 1.